The molecule has 0 fully saturated rings. The van der Waals surface area contributed by atoms with Crippen LogP contribution in [0.3, 0.4) is 0 Å². The second-order valence-corrected chi connectivity index (χ2v) is 4.23. The van der Waals surface area contributed by atoms with Crippen LogP contribution >= 0.6 is 34.2 Å². The summed E-state index contributed by atoms with van der Waals surface area (Å²) in [5.74, 6) is 0. The normalized spacial score (nSPS) is 8.44. The van der Waals surface area contributed by atoms with Crippen molar-refractivity contribution in [3.05, 3.63) is 32.4 Å². The third-order valence-corrected chi connectivity index (χ3v) is 2.95. The Kier molecular flexibility index (Phi) is 15.4. The third kappa shape index (κ3) is 8.36. The van der Waals surface area contributed by atoms with Gasteiger partial charge in [-0.2, -0.15) is 0 Å². The lowest BCUT2D eigenvalue weighted by atomic mass is 10.1. The molecule has 1 aromatic rings. The van der Waals surface area contributed by atoms with Gasteiger partial charge in [0.25, 0.3) is 0 Å². The van der Waals surface area contributed by atoms with Gasteiger partial charge in [0.15, 0.2) is 0 Å². The van der Waals surface area contributed by atoms with E-state index in [1.165, 1.54) is 9.13 Å². The van der Waals surface area contributed by atoms with E-state index in [1.807, 2.05) is 45.9 Å². The molecule has 0 aliphatic heterocycles. The molecule has 2 N–H and O–H groups in total. The maximum absolute atomic E-state index is 5.86. The average molecular weight is 356 g/mol. The van der Waals surface area contributed by atoms with E-state index in [2.05, 4.69) is 22.6 Å². The molecule has 0 amide bonds. The van der Waals surface area contributed by atoms with Gasteiger partial charge in [-0.25, -0.2) is 0 Å². The van der Waals surface area contributed by atoms with Crippen LogP contribution in [0.4, 0.5) is 0 Å². The summed E-state index contributed by atoms with van der Waals surface area (Å²) >= 11 is 8.18. The molecule has 16 heavy (non-hydrogen) atoms. The zero-order valence-corrected chi connectivity index (χ0v) is 13.6. The molecule has 0 unspecified atom stereocenters. The third-order valence-electron chi connectivity index (χ3n) is 1.66. The van der Waals surface area contributed by atoms with E-state index >= 15 is 0 Å². The molecule has 0 bridgehead atoms. The first-order valence-electron chi connectivity index (χ1n) is 5.88. The molecule has 0 spiro atoms. The molecule has 0 heterocycles. The van der Waals surface area contributed by atoms with Crippen LogP contribution in [-0.4, -0.2) is 6.54 Å². The van der Waals surface area contributed by atoms with Gasteiger partial charge in [-0.1, -0.05) is 39.3 Å². The molecular weight excluding hydrogens is 333 g/mol. The molecule has 0 aromatic heterocycles. The zero-order chi connectivity index (χ0) is 13.0. The molecule has 0 saturated carbocycles. The number of aryl methyl sites for hydroxylation is 1. The smallest absolute Gasteiger partial charge is 0.0409 e. The minimum atomic E-state index is 0.739. The van der Waals surface area contributed by atoms with Gasteiger partial charge in [-0.05, 0) is 65.7 Å². The number of nitrogens with two attached hydrogens (primary N) is 1. The fraction of sp³-hybridized carbons (Fsp3) is 0.538. The van der Waals surface area contributed by atoms with E-state index < -0.39 is 0 Å². The molecule has 1 aromatic carbocycles. The summed E-state index contributed by atoms with van der Waals surface area (Å²) in [5, 5.41) is 0.808. The Labute approximate surface area is 119 Å². The molecule has 0 atom stereocenters. The highest BCUT2D eigenvalue weighted by Gasteiger charge is 1.99. The zero-order valence-electron chi connectivity index (χ0n) is 10.7. The van der Waals surface area contributed by atoms with Crippen LogP contribution in [0.15, 0.2) is 18.2 Å². The van der Waals surface area contributed by atoms with Crippen molar-refractivity contribution in [1.82, 2.24) is 0 Å². The summed E-state index contributed by atoms with van der Waals surface area (Å²) in [6, 6.07) is 5.96. The van der Waals surface area contributed by atoms with Gasteiger partial charge in [0, 0.05) is 8.59 Å². The molecule has 0 saturated heterocycles. The van der Waals surface area contributed by atoms with Crippen LogP contribution in [0, 0.1) is 3.57 Å². The predicted molar refractivity (Wildman–Crippen MR) is 84.2 cm³/mol. The standard InChI is InChI=1S/C9H11ClIN.2C2H6/c10-8-3-4-9(11)7(6-8)2-1-5-12;2*1-2/h3-4,6H,1-2,5,12H2;2*1-2H3. The summed E-state index contributed by atoms with van der Waals surface area (Å²) in [5.41, 5.74) is 6.73. The van der Waals surface area contributed by atoms with Crippen LogP contribution in [0.1, 0.15) is 39.7 Å². The summed E-state index contributed by atoms with van der Waals surface area (Å²) in [6.07, 6.45) is 2.05. The lowest BCUT2D eigenvalue weighted by molar-refractivity contribution is 0.829. The first kappa shape index (κ1) is 18.6. The van der Waals surface area contributed by atoms with E-state index in [1.54, 1.807) is 0 Å². The largest absolute Gasteiger partial charge is 0.330 e. The monoisotopic (exact) mass is 355 g/mol. The second-order valence-electron chi connectivity index (χ2n) is 2.63. The molecule has 1 rings (SSSR count). The first-order chi connectivity index (χ1) is 7.74. The Hall–Kier alpha value is 0.200. The van der Waals surface area contributed by atoms with E-state index in [-0.39, 0.29) is 0 Å². The fourth-order valence-corrected chi connectivity index (χ4v) is 1.83. The lowest BCUT2D eigenvalue weighted by Gasteiger charge is -2.03. The highest BCUT2D eigenvalue weighted by Crippen LogP contribution is 2.18. The van der Waals surface area contributed by atoms with Crippen molar-refractivity contribution in [1.29, 1.82) is 0 Å². The van der Waals surface area contributed by atoms with Gasteiger partial charge in [0.05, 0.1) is 0 Å². The Morgan fingerprint density at radius 3 is 2.25 bits per heavy atom. The Bertz CT molecular complexity index is 264. The van der Waals surface area contributed by atoms with Gasteiger partial charge in [0.2, 0.25) is 0 Å². The average Bonchev–Trinajstić information content (AvgIpc) is 2.35. The van der Waals surface area contributed by atoms with Crippen LogP contribution in [0.2, 0.25) is 5.02 Å². The van der Waals surface area contributed by atoms with Crippen molar-refractivity contribution in [3.8, 4) is 0 Å². The van der Waals surface area contributed by atoms with Gasteiger partial charge in [0.1, 0.15) is 0 Å². The van der Waals surface area contributed by atoms with Crippen LogP contribution < -0.4 is 5.73 Å². The van der Waals surface area contributed by atoms with Crippen molar-refractivity contribution in [2.75, 3.05) is 6.54 Å². The van der Waals surface area contributed by atoms with Gasteiger partial charge in [-0.3, -0.25) is 0 Å². The minimum Gasteiger partial charge on any atom is -0.330 e. The van der Waals surface area contributed by atoms with Crippen LogP contribution in [-0.2, 0) is 6.42 Å². The molecule has 0 radical (unpaired) electrons. The van der Waals surface area contributed by atoms with Crippen molar-refractivity contribution in [3.63, 3.8) is 0 Å². The molecule has 0 aliphatic rings. The predicted octanol–water partition coefficient (Wildman–Crippen LogP) is 4.89. The van der Waals surface area contributed by atoms with E-state index in [4.69, 9.17) is 17.3 Å². The van der Waals surface area contributed by atoms with Gasteiger partial charge < -0.3 is 5.73 Å². The van der Waals surface area contributed by atoms with Crippen molar-refractivity contribution in [2.45, 2.75) is 40.5 Å². The Morgan fingerprint density at radius 1 is 1.19 bits per heavy atom. The summed E-state index contributed by atoms with van der Waals surface area (Å²) < 4.78 is 1.27. The topological polar surface area (TPSA) is 26.0 Å². The van der Waals surface area contributed by atoms with Gasteiger partial charge >= 0.3 is 0 Å². The highest BCUT2D eigenvalue weighted by atomic mass is 127. The summed E-state index contributed by atoms with van der Waals surface area (Å²) in [7, 11) is 0. The number of benzene rings is 1. The minimum absolute atomic E-state index is 0.739. The quantitative estimate of drug-likeness (QED) is 0.768. The molecule has 94 valence electrons. The fourth-order valence-electron chi connectivity index (χ4n) is 1.03. The van der Waals surface area contributed by atoms with E-state index in [0.717, 1.165) is 24.4 Å². The van der Waals surface area contributed by atoms with Gasteiger partial charge in [-0.15, -0.1) is 0 Å². The Morgan fingerprint density at radius 2 is 1.75 bits per heavy atom. The molecule has 0 aliphatic carbocycles. The number of hydrogen-bond acceptors (Lipinski definition) is 1. The SMILES string of the molecule is CC.CC.NCCCc1cc(Cl)ccc1I. The van der Waals surface area contributed by atoms with E-state index in [9.17, 15) is 0 Å². The van der Waals surface area contributed by atoms with Crippen molar-refractivity contribution < 1.29 is 0 Å². The molecule has 3 heteroatoms. The van der Waals surface area contributed by atoms with Crippen LogP contribution in [0.25, 0.3) is 0 Å². The van der Waals surface area contributed by atoms with Crippen molar-refractivity contribution >= 4 is 34.2 Å². The summed E-state index contributed by atoms with van der Waals surface area (Å²) in [6.45, 7) is 8.74. The Balaban J connectivity index is 0. The molecular formula is C13H23ClIN. The lowest BCUT2D eigenvalue weighted by Crippen LogP contribution is -2.01. The highest BCUT2D eigenvalue weighted by molar-refractivity contribution is 14.1. The number of hydrogen-bond donors (Lipinski definition) is 1. The number of halogens is 2. The second kappa shape index (κ2) is 13.3. The maximum atomic E-state index is 5.86. The van der Waals surface area contributed by atoms with Crippen LogP contribution in [0.5, 0.6) is 0 Å². The molecule has 1 nitrogen and oxygen atoms in total. The summed E-state index contributed by atoms with van der Waals surface area (Å²) in [4.78, 5) is 0. The maximum Gasteiger partial charge on any atom is 0.0409 e. The first-order valence-corrected chi connectivity index (χ1v) is 7.33. The number of rotatable bonds is 3. The van der Waals surface area contributed by atoms with E-state index in [0.29, 0.717) is 0 Å². The van der Waals surface area contributed by atoms with Crippen molar-refractivity contribution in [2.24, 2.45) is 5.73 Å².